The fourth-order valence-electron chi connectivity index (χ4n) is 3.11. The van der Waals surface area contributed by atoms with E-state index < -0.39 is 0 Å². The summed E-state index contributed by atoms with van der Waals surface area (Å²) in [6.45, 7) is 0. The molecule has 3 nitrogen and oxygen atoms in total. The number of carbonyl (C=O) groups excluding carboxylic acids is 1. The molecule has 3 rings (SSSR count). The molecule has 1 aromatic carbocycles. The average Bonchev–Trinajstić information content (AvgIpc) is 2.71. The third-order valence-corrected chi connectivity index (χ3v) is 5.16. The van der Waals surface area contributed by atoms with Gasteiger partial charge in [-0.15, -0.1) is 12.4 Å². The number of fused-ring (bicyclic) bond motifs is 2. The second-order valence-corrected chi connectivity index (χ2v) is 7.00. The highest BCUT2D eigenvalue weighted by Gasteiger charge is 2.34. The molecule has 1 aromatic rings. The van der Waals surface area contributed by atoms with E-state index in [1.165, 1.54) is 12.8 Å². The highest BCUT2D eigenvalue weighted by atomic mass is 127. The minimum absolute atomic E-state index is 0. The van der Waals surface area contributed by atoms with Gasteiger partial charge in [0.15, 0.2) is 0 Å². The quantitative estimate of drug-likeness (QED) is 0.711. The van der Waals surface area contributed by atoms with Crippen molar-refractivity contribution in [3.8, 4) is 0 Å². The van der Waals surface area contributed by atoms with Gasteiger partial charge in [0.1, 0.15) is 0 Å². The molecule has 2 aliphatic heterocycles. The van der Waals surface area contributed by atoms with Gasteiger partial charge in [-0.05, 0) is 66.5 Å². The molecule has 2 saturated heterocycles. The molecule has 2 N–H and O–H groups in total. The van der Waals surface area contributed by atoms with Gasteiger partial charge in [0.05, 0.1) is 5.56 Å². The van der Waals surface area contributed by atoms with E-state index in [1.807, 2.05) is 12.1 Å². The van der Waals surface area contributed by atoms with Gasteiger partial charge < -0.3 is 10.6 Å². The second-order valence-electron chi connectivity index (χ2n) is 5.40. The summed E-state index contributed by atoms with van der Waals surface area (Å²) in [5.41, 5.74) is 0.680. The predicted octanol–water partition coefficient (Wildman–Crippen LogP) is 3.38. The molecule has 2 heterocycles. The van der Waals surface area contributed by atoms with Crippen molar-refractivity contribution < 1.29 is 4.79 Å². The lowest BCUT2D eigenvalue weighted by atomic mass is 9.99. The number of halogens is 3. The molecule has 2 unspecified atom stereocenters. The van der Waals surface area contributed by atoms with Crippen LogP contribution in [0, 0.1) is 3.57 Å². The molecule has 6 heteroatoms. The molecule has 0 spiro atoms. The maximum atomic E-state index is 12.3. The molecular weight excluding hydrogens is 410 g/mol. The number of piperidine rings is 1. The summed E-state index contributed by atoms with van der Waals surface area (Å²) in [5, 5.41) is 7.35. The summed E-state index contributed by atoms with van der Waals surface area (Å²) in [4.78, 5) is 12.3. The van der Waals surface area contributed by atoms with Crippen LogP contribution >= 0.6 is 46.6 Å². The van der Waals surface area contributed by atoms with Gasteiger partial charge in [0, 0.05) is 26.7 Å². The van der Waals surface area contributed by atoms with Crippen molar-refractivity contribution >= 4 is 52.5 Å². The summed E-state index contributed by atoms with van der Waals surface area (Å²) in [7, 11) is 0. The number of carbonyl (C=O) groups is 1. The van der Waals surface area contributed by atoms with Crippen molar-refractivity contribution in [2.75, 3.05) is 0 Å². The number of hydrogen-bond acceptors (Lipinski definition) is 2. The standard InChI is InChI=1S/C14H16ClIN2O.ClH/c15-8-1-4-13(16)12(5-8)14(19)18-11-6-9-2-3-10(7-11)17-9;/h1,4-5,9-11,17H,2-3,6-7H2,(H,18,19);1H. The fourth-order valence-corrected chi connectivity index (χ4v) is 3.86. The maximum Gasteiger partial charge on any atom is 0.252 e. The van der Waals surface area contributed by atoms with Gasteiger partial charge in [0.25, 0.3) is 5.91 Å². The van der Waals surface area contributed by atoms with Gasteiger partial charge in [0.2, 0.25) is 0 Å². The molecule has 2 bridgehead atoms. The third-order valence-electron chi connectivity index (χ3n) is 3.98. The third kappa shape index (κ3) is 3.59. The molecule has 2 aliphatic rings. The van der Waals surface area contributed by atoms with Gasteiger partial charge in [-0.25, -0.2) is 0 Å². The normalized spacial score (nSPS) is 27.8. The summed E-state index contributed by atoms with van der Waals surface area (Å²) in [5.74, 6) is -0.00167. The minimum Gasteiger partial charge on any atom is -0.349 e. The van der Waals surface area contributed by atoms with Crippen LogP contribution in [0.15, 0.2) is 18.2 Å². The Morgan fingerprint density at radius 1 is 1.30 bits per heavy atom. The second kappa shape index (κ2) is 6.81. The topological polar surface area (TPSA) is 41.1 Å². The van der Waals surface area contributed by atoms with Crippen LogP contribution in [0.5, 0.6) is 0 Å². The van der Waals surface area contributed by atoms with E-state index in [0.29, 0.717) is 28.7 Å². The first kappa shape index (κ1) is 16.3. The van der Waals surface area contributed by atoms with E-state index in [-0.39, 0.29) is 18.3 Å². The number of rotatable bonds is 2. The molecule has 1 amide bonds. The van der Waals surface area contributed by atoms with E-state index in [0.717, 1.165) is 16.4 Å². The molecule has 2 fully saturated rings. The van der Waals surface area contributed by atoms with E-state index in [9.17, 15) is 4.79 Å². The van der Waals surface area contributed by atoms with Gasteiger partial charge in [-0.3, -0.25) is 4.79 Å². The van der Waals surface area contributed by atoms with Crippen molar-refractivity contribution in [3.63, 3.8) is 0 Å². The van der Waals surface area contributed by atoms with Crippen LogP contribution in [-0.4, -0.2) is 24.0 Å². The molecule has 0 saturated carbocycles. The Kier molecular flexibility index (Phi) is 5.56. The van der Waals surface area contributed by atoms with E-state index in [1.54, 1.807) is 6.07 Å². The summed E-state index contributed by atoms with van der Waals surface area (Å²) in [6, 6.07) is 6.90. The van der Waals surface area contributed by atoms with Crippen LogP contribution in [-0.2, 0) is 0 Å². The molecule has 0 aromatic heterocycles. The Bertz CT molecular complexity index is 500. The molecular formula is C14H17Cl2IN2O. The van der Waals surface area contributed by atoms with Crippen LogP contribution in [0.2, 0.25) is 5.02 Å². The fraction of sp³-hybridized carbons (Fsp3) is 0.500. The number of nitrogens with one attached hydrogen (secondary N) is 2. The molecule has 20 heavy (non-hydrogen) atoms. The van der Waals surface area contributed by atoms with E-state index in [2.05, 4.69) is 33.2 Å². The van der Waals surface area contributed by atoms with Crippen LogP contribution in [0.3, 0.4) is 0 Å². The average molecular weight is 427 g/mol. The van der Waals surface area contributed by atoms with Crippen LogP contribution < -0.4 is 10.6 Å². The van der Waals surface area contributed by atoms with Crippen molar-refractivity contribution in [1.82, 2.24) is 10.6 Å². The molecule has 0 radical (unpaired) electrons. The van der Waals surface area contributed by atoms with Crippen molar-refractivity contribution in [1.29, 1.82) is 0 Å². The Morgan fingerprint density at radius 2 is 1.95 bits per heavy atom. The van der Waals surface area contributed by atoms with Crippen LogP contribution in [0.1, 0.15) is 36.0 Å². The number of benzene rings is 1. The molecule has 110 valence electrons. The zero-order valence-corrected chi connectivity index (χ0v) is 14.6. The Balaban J connectivity index is 0.00000147. The first-order chi connectivity index (χ1) is 9.11. The lowest BCUT2D eigenvalue weighted by molar-refractivity contribution is 0.0923. The highest BCUT2D eigenvalue weighted by molar-refractivity contribution is 14.1. The lowest BCUT2D eigenvalue weighted by Gasteiger charge is -2.29. The maximum absolute atomic E-state index is 12.3. The predicted molar refractivity (Wildman–Crippen MR) is 91.9 cm³/mol. The Morgan fingerprint density at radius 3 is 2.60 bits per heavy atom. The highest BCUT2D eigenvalue weighted by Crippen LogP contribution is 2.27. The summed E-state index contributed by atoms with van der Waals surface area (Å²) >= 11 is 8.14. The smallest absolute Gasteiger partial charge is 0.252 e. The summed E-state index contributed by atoms with van der Waals surface area (Å²) < 4.78 is 0.941. The number of amides is 1. The van der Waals surface area contributed by atoms with Crippen LogP contribution in [0.25, 0.3) is 0 Å². The molecule has 2 atom stereocenters. The first-order valence-electron chi connectivity index (χ1n) is 6.64. The monoisotopic (exact) mass is 426 g/mol. The zero-order valence-electron chi connectivity index (χ0n) is 10.9. The van der Waals surface area contributed by atoms with Crippen molar-refractivity contribution in [3.05, 3.63) is 32.4 Å². The first-order valence-corrected chi connectivity index (χ1v) is 8.09. The Hall–Kier alpha value is -0.0400. The number of hydrogen-bond donors (Lipinski definition) is 2. The largest absolute Gasteiger partial charge is 0.349 e. The van der Waals surface area contributed by atoms with E-state index >= 15 is 0 Å². The molecule has 0 aliphatic carbocycles. The van der Waals surface area contributed by atoms with Gasteiger partial charge in [-0.2, -0.15) is 0 Å². The minimum atomic E-state index is -0.00167. The van der Waals surface area contributed by atoms with Gasteiger partial charge in [-0.1, -0.05) is 11.6 Å². The van der Waals surface area contributed by atoms with Crippen molar-refractivity contribution in [2.45, 2.75) is 43.8 Å². The summed E-state index contributed by atoms with van der Waals surface area (Å²) in [6.07, 6.45) is 4.57. The van der Waals surface area contributed by atoms with E-state index in [4.69, 9.17) is 11.6 Å². The SMILES string of the molecule is Cl.O=C(NC1CC2CCC(C1)N2)c1cc(Cl)ccc1I. The lowest BCUT2D eigenvalue weighted by Crippen LogP contribution is -2.48. The zero-order chi connectivity index (χ0) is 13.4. The Labute approximate surface area is 143 Å². The van der Waals surface area contributed by atoms with Crippen LogP contribution in [0.4, 0.5) is 0 Å². The van der Waals surface area contributed by atoms with Crippen molar-refractivity contribution in [2.24, 2.45) is 0 Å². The van der Waals surface area contributed by atoms with Gasteiger partial charge >= 0.3 is 0 Å².